The van der Waals surface area contributed by atoms with Crippen LogP contribution in [0.25, 0.3) is 0 Å². The van der Waals surface area contributed by atoms with Gasteiger partial charge in [0.15, 0.2) is 0 Å². The van der Waals surface area contributed by atoms with Crippen LogP contribution in [0.1, 0.15) is 17.5 Å². The summed E-state index contributed by atoms with van der Waals surface area (Å²) in [5.74, 6) is -0.147. The van der Waals surface area contributed by atoms with Crippen molar-refractivity contribution < 1.29 is 9.59 Å². The Morgan fingerprint density at radius 1 is 0.966 bits per heavy atom. The second kappa shape index (κ2) is 8.07. The maximum atomic E-state index is 13.1. The van der Waals surface area contributed by atoms with Crippen LogP contribution >= 0.6 is 11.6 Å². The first-order valence-corrected chi connectivity index (χ1v) is 10.5. The fourth-order valence-corrected chi connectivity index (χ4v) is 4.52. The van der Waals surface area contributed by atoms with E-state index < -0.39 is 0 Å². The zero-order chi connectivity index (χ0) is 20.5. The molecule has 0 aliphatic carbocycles. The first kappa shape index (κ1) is 19.8. The largest absolute Gasteiger partial charge is 0.367 e. The lowest BCUT2D eigenvalue weighted by Gasteiger charge is -2.37. The number of carbonyl (C=O) groups excluding carboxylic acids is 2. The van der Waals surface area contributed by atoms with Crippen LogP contribution in [0.2, 0.25) is 5.02 Å². The molecule has 6 heteroatoms. The average molecular weight is 412 g/mol. The van der Waals surface area contributed by atoms with Crippen molar-refractivity contribution in [3.63, 3.8) is 0 Å². The lowest BCUT2D eigenvalue weighted by molar-refractivity contribution is -0.136. The number of halogens is 1. The SMILES string of the molecule is Cc1cccc(N2CC(C(=O)N3CCN(c4ccccc4Cl)CC3)CC2=O)c1C. The van der Waals surface area contributed by atoms with E-state index in [1.165, 1.54) is 0 Å². The number of amides is 2. The highest BCUT2D eigenvalue weighted by Gasteiger charge is 2.38. The van der Waals surface area contributed by atoms with Gasteiger partial charge in [-0.2, -0.15) is 0 Å². The van der Waals surface area contributed by atoms with E-state index in [1.54, 1.807) is 4.90 Å². The molecule has 29 heavy (non-hydrogen) atoms. The molecule has 0 radical (unpaired) electrons. The molecule has 2 saturated heterocycles. The van der Waals surface area contributed by atoms with Crippen LogP contribution in [-0.4, -0.2) is 49.4 Å². The van der Waals surface area contributed by atoms with E-state index in [4.69, 9.17) is 11.6 Å². The average Bonchev–Trinajstić information content (AvgIpc) is 3.11. The third kappa shape index (κ3) is 3.84. The van der Waals surface area contributed by atoms with Crippen LogP contribution in [0.15, 0.2) is 42.5 Å². The van der Waals surface area contributed by atoms with Crippen molar-refractivity contribution in [2.75, 3.05) is 42.5 Å². The van der Waals surface area contributed by atoms with Crippen molar-refractivity contribution in [2.24, 2.45) is 5.92 Å². The van der Waals surface area contributed by atoms with Gasteiger partial charge in [-0.15, -0.1) is 0 Å². The van der Waals surface area contributed by atoms with Gasteiger partial charge in [-0.1, -0.05) is 35.9 Å². The van der Waals surface area contributed by atoms with Gasteiger partial charge in [0.05, 0.1) is 16.6 Å². The molecule has 152 valence electrons. The zero-order valence-electron chi connectivity index (χ0n) is 16.9. The zero-order valence-corrected chi connectivity index (χ0v) is 17.7. The van der Waals surface area contributed by atoms with Crippen LogP contribution in [0.3, 0.4) is 0 Å². The highest BCUT2D eigenvalue weighted by molar-refractivity contribution is 6.33. The Kier molecular flexibility index (Phi) is 5.50. The van der Waals surface area contributed by atoms with Crippen LogP contribution in [0.5, 0.6) is 0 Å². The summed E-state index contributed by atoms with van der Waals surface area (Å²) >= 11 is 6.31. The van der Waals surface area contributed by atoms with E-state index in [0.29, 0.717) is 19.6 Å². The summed E-state index contributed by atoms with van der Waals surface area (Å²) in [6, 6.07) is 13.8. The number of hydrogen-bond donors (Lipinski definition) is 0. The predicted octanol–water partition coefficient (Wildman–Crippen LogP) is 3.66. The van der Waals surface area contributed by atoms with Gasteiger partial charge in [0, 0.05) is 44.8 Å². The summed E-state index contributed by atoms with van der Waals surface area (Å²) < 4.78 is 0. The molecule has 1 atom stereocenters. The van der Waals surface area contributed by atoms with Crippen molar-refractivity contribution in [3.8, 4) is 0 Å². The van der Waals surface area contributed by atoms with E-state index in [9.17, 15) is 9.59 Å². The van der Waals surface area contributed by atoms with Crippen molar-refractivity contribution in [3.05, 3.63) is 58.6 Å². The summed E-state index contributed by atoms with van der Waals surface area (Å²) in [5.41, 5.74) is 4.19. The van der Waals surface area contributed by atoms with E-state index >= 15 is 0 Å². The molecule has 0 N–H and O–H groups in total. The Labute approximate surface area is 176 Å². The normalized spacial score (nSPS) is 19.8. The number of carbonyl (C=O) groups is 2. The molecule has 2 amide bonds. The van der Waals surface area contributed by atoms with E-state index in [0.717, 1.165) is 40.6 Å². The van der Waals surface area contributed by atoms with Crippen LogP contribution in [0.4, 0.5) is 11.4 Å². The topological polar surface area (TPSA) is 43.9 Å². The number of aryl methyl sites for hydroxylation is 1. The Morgan fingerprint density at radius 2 is 1.66 bits per heavy atom. The standard InChI is InChI=1S/C23H26ClN3O2/c1-16-6-5-9-20(17(16)2)27-15-18(14-22(27)28)23(29)26-12-10-25(11-13-26)21-8-4-3-7-19(21)24/h3-9,18H,10-15H2,1-2H3. The molecule has 2 aliphatic rings. The minimum atomic E-state index is -0.269. The van der Waals surface area contributed by atoms with Gasteiger partial charge >= 0.3 is 0 Å². The molecular weight excluding hydrogens is 386 g/mol. The van der Waals surface area contributed by atoms with Gasteiger partial charge in [0.1, 0.15) is 0 Å². The molecule has 2 aromatic rings. The molecule has 0 aromatic heterocycles. The second-order valence-corrected chi connectivity index (χ2v) is 8.30. The smallest absolute Gasteiger partial charge is 0.228 e. The van der Waals surface area contributed by atoms with Crippen LogP contribution in [-0.2, 0) is 9.59 Å². The van der Waals surface area contributed by atoms with E-state index in [-0.39, 0.29) is 24.2 Å². The number of piperazine rings is 1. The van der Waals surface area contributed by atoms with Gasteiger partial charge in [-0.25, -0.2) is 0 Å². The monoisotopic (exact) mass is 411 g/mol. The first-order valence-electron chi connectivity index (χ1n) is 10.1. The Morgan fingerprint density at radius 3 is 2.38 bits per heavy atom. The second-order valence-electron chi connectivity index (χ2n) is 7.89. The van der Waals surface area contributed by atoms with Crippen molar-refractivity contribution >= 4 is 34.8 Å². The lowest BCUT2D eigenvalue weighted by atomic mass is 10.1. The maximum absolute atomic E-state index is 13.1. The predicted molar refractivity (Wildman–Crippen MR) is 117 cm³/mol. The van der Waals surface area contributed by atoms with Crippen LogP contribution in [0, 0.1) is 19.8 Å². The molecule has 0 bridgehead atoms. The number of para-hydroxylation sites is 1. The molecule has 2 fully saturated rings. The number of nitrogens with zero attached hydrogens (tertiary/aromatic N) is 3. The summed E-state index contributed by atoms with van der Waals surface area (Å²) in [4.78, 5) is 31.6. The fourth-order valence-electron chi connectivity index (χ4n) is 4.27. The van der Waals surface area contributed by atoms with Crippen molar-refractivity contribution in [2.45, 2.75) is 20.3 Å². The van der Waals surface area contributed by atoms with E-state index in [1.807, 2.05) is 61.2 Å². The highest BCUT2D eigenvalue weighted by Crippen LogP contribution is 2.31. The molecule has 1 unspecified atom stereocenters. The molecular formula is C23H26ClN3O2. The Bertz CT molecular complexity index is 937. The highest BCUT2D eigenvalue weighted by atomic mass is 35.5. The molecule has 4 rings (SSSR count). The molecule has 0 spiro atoms. The number of anilines is 2. The van der Waals surface area contributed by atoms with Gasteiger partial charge in [0.25, 0.3) is 0 Å². The van der Waals surface area contributed by atoms with Crippen molar-refractivity contribution in [1.29, 1.82) is 0 Å². The maximum Gasteiger partial charge on any atom is 0.228 e. The fraction of sp³-hybridized carbons (Fsp3) is 0.391. The Balaban J connectivity index is 1.40. The molecule has 2 aliphatic heterocycles. The number of hydrogen-bond acceptors (Lipinski definition) is 3. The van der Waals surface area contributed by atoms with Gasteiger partial charge < -0.3 is 14.7 Å². The lowest BCUT2D eigenvalue weighted by Crippen LogP contribution is -2.50. The minimum absolute atomic E-state index is 0.0340. The Hall–Kier alpha value is -2.53. The van der Waals surface area contributed by atoms with E-state index in [2.05, 4.69) is 4.90 Å². The minimum Gasteiger partial charge on any atom is -0.367 e. The third-order valence-electron chi connectivity index (χ3n) is 6.13. The number of benzene rings is 2. The molecule has 2 aromatic carbocycles. The molecule has 0 saturated carbocycles. The molecule has 2 heterocycles. The van der Waals surface area contributed by atoms with Crippen molar-refractivity contribution in [1.82, 2.24) is 4.90 Å². The van der Waals surface area contributed by atoms with Gasteiger partial charge in [-0.3, -0.25) is 9.59 Å². The van der Waals surface area contributed by atoms with Crippen LogP contribution < -0.4 is 9.80 Å². The van der Waals surface area contributed by atoms with Gasteiger partial charge in [0.2, 0.25) is 11.8 Å². The summed E-state index contributed by atoms with van der Waals surface area (Å²) in [6.07, 6.45) is 0.289. The van der Waals surface area contributed by atoms with Gasteiger partial charge in [-0.05, 0) is 43.2 Å². The number of rotatable bonds is 3. The quantitative estimate of drug-likeness (QED) is 0.774. The first-order chi connectivity index (χ1) is 14.0. The molecule has 5 nitrogen and oxygen atoms in total. The summed E-state index contributed by atoms with van der Waals surface area (Å²) in [7, 11) is 0. The summed E-state index contributed by atoms with van der Waals surface area (Å²) in [6.45, 7) is 7.33. The third-order valence-corrected chi connectivity index (χ3v) is 6.45. The summed E-state index contributed by atoms with van der Waals surface area (Å²) in [5, 5.41) is 0.734.